The molecule has 1 rings (SSSR count). The molecule has 0 radical (unpaired) electrons. The maximum absolute atomic E-state index is 11.7. The van der Waals surface area contributed by atoms with Crippen molar-refractivity contribution < 1.29 is 19.1 Å². The van der Waals surface area contributed by atoms with E-state index < -0.39 is 22.4 Å². The molecule has 5 heteroatoms. The number of ether oxygens (including phenoxy) is 1. The molecule has 0 unspecified atom stereocenters. The predicted molar refractivity (Wildman–Crippen MR) is 60.5 cm³/mol. The number of halogens is 1. The summed E-state index contributed by atoms with van der Waals surface area (Å²) in [5.74, 6) is -2.40. The van der Waals surface area contributed by atoms with Gasteiger partial charge in [-0.25, -0.2) is 4.79 Å². The van der Waals surface area contributed by atoms with Crippen LogP contribution in [0.2, 0.25) is 0 Å². The highest BCUT2D eigenvalue weighted by molar-refractivity contribution is 9.10. The van der Waals surface area contributed by atoms with E-state index in [4.69, 9.17) is 0 Å². The van der Waals surface area contributed by atoms with Gasteiger partial charge in [-0.15, -0.1) is 0 Å². The first-order valence-electron chi connectivity index (χ1n) is 4.43. The highest BCUT2D eigenvalue weighted by Crippen LogP contribution is 2.11. The summed E-state index contributed by atoms with van der Waals surface area (Å²) in [6, 6.07) is 8.25. The Morgan fingerprint density at radius 1 is 1.19 bits per heavy atom. The SMILES string of the molecule is COC(=O)C(=O)[C@@H](Br)C(=O)c1ccccc1. The lowest BCUT2D eigenvalue weighted by Gasteiger charge is -2.05. The Kier molecular flexibility index (Phi) is 4.37. The van der Waals surface area contributed by atoms with Crippen LogP contribution in [0.3, 0.4) is 0 Å². The number of hydrogen-bond donors (Lipinski definition) is 0. The van der Waals surface area contributed by atoms with Crippen molar-refractivity contribution in [3.63, 3.8) is 0 Å². The molecule has 0 aliphatic heterocycles. The molecule has 0 aliphatic rings. The van der Waals surface area contributed by atoms with Gasteiger partial charge in [0, 0.05) is 5.56 Å². The Balaban J connectivity index is 2.83. The van der Waals surface area contributed by atoms with Crippen molar-refractivity contribution in [1.82, 2.24) is 0 Å². The van der Waals surface area contributed by atoms with Gasteiger partial charge < -0.3 is 4.74 Å². The molecule has 0 spiro atoms. The molecule has 0 aromatic heterocycles. The molecule has 0 saturated carbocycles. The number of Topliss-reactive ketones (excluding diaryl/α,β-unsaturated/α-hetero) is 2. The lowest BCUT2D eigenvalue weighted by atomic mass is 10.1. The highest BCUT2D eigenvalue weighted by Gasteiger charge is 2.30. The van der Waals surface area contributed by atoms with Gasteiger partial charge in [0.25, 0.3) is 5.78 Å². The summed E-state index contributed by atoms with van der Waals surface area (Å²) in [6.07, 6.45) is 0. The van der Waals surface area contributed by atoms with Gasteiger partial charge in [0.05, 0.1) is 7.11 Å². The monoisotopic (exact) mass is 284 g/mol. The third-order valence-corrected chi connectivity index (χ3v) is 2.74. The Bertz CT molecular complexity index is 413. The molecule has 0 aliphatic carbocycles. The molecular formula is C11H9BrO4. The summed E-state index contributed by atoms with van der Waals surface area (Å²) >= 11 is 2.89. The van der Waals surface area contributed by atoms with E-state index in [0.29, 0.717) is 5.56 Å². The van der Waals surface area contributed by atoms with Crippen molar-refractivity contribution in [1.29, 1.82) is 0 Å². The van der Waals surface area contributed by atoms with Gasteiger partial charge in [0.15, 0.2) is 5.78 Å². The number of alkyl halides is 1. The lowest BCUT2D eigenvalue weighted by molar-refractivity contribution is -0.150. The second-order valence-corrected chi connectivity index (χ2v) is 3.86. The van der Waals surface area contributed by atoms with E-state index in [1.54, 1.807) is 30.3 Å². The van der Waals surface area contributed by atoms with Gasteiger partial charge in [0.2, 0.25) is 0 Å². The topological polar surface area (TPSA) is 60.4 Å². The van der Waals surface area contributed by atoms with Crippen LogP contribution in [0.25, 0.3) is 0 Å². The van der Waals surface area contributed by atoms with Gasteiger partial charge >= 0.3 is 5.97 Å². The van der Waals surface area contributed by atoms with Crippen molar-refractivity contribution in [2.45, 2.75) is 4.83 Å². The summed E-state index contributed by atoms with van der Waals surface area (Å²) in [7, 11) is 1.09. The van der Waals surface area contributed by atoms with Crippen LogP contribution < -0.4 is 0 Å². The summed E-state index contributed by atoms with van der Waals surface area (Å²) in [6.45, 7) is 0. The summed E-state index contributed by atoms with van der Waals surface area (Å²) in [5.41, 5.74) is 0.363. The van der Waals surface area contributed by atoms with Crippen LogP contribution in [0, 0.1) is 0 Å². The van der Waals surface area contributed by atoms with Gasteiger partial charge in [0.1, 0.15) is 4.83 Å². The zero-order chi connectivity index (χ0) is 12.1. The molecule has 0 heterocycles. The fourth-order valence-corrected chi connectivity index (χ4v) is 1.52. The van der Waals surface area contributed by atoms with Crippen molar-refractivity contribution >= 4 is 33.5 Å². The van der Waals surface area contributed by atoms with E-state index in [1.165, 1.54) is 0 Å². The summed E-state index contributed by atoms with van der Waals surface area (Å²) < 4.78 is 4.25. The van der Waals surface area contributed by atoms with Crippen LogP contribution in [0.4, 0.5) is 0 Å². The molecule has 0 fully saturated rings. The molecule has 1 atom stereocenters. The predicted octanol–water partition coefficient (Wildman–Crippen LogP) is 1.37. The maximum atomic E-state index is 11.7. The van der Waals surface area contributed by atoms with E-state index in [-0.39, 0.29) is 0 Å². The molecule has 4 nitrogen and oxygen atoms in total. The molecular weight excluding hydrogens is 276 g/mol. The fraction of sp³-hybridized carbons (Fsp3) is 0.182. The summed E-state index contributed by atoms with van der Waals surface area (Å²) in [5, 5.41) is 0. The molecule has 16 heavy (non-hydrogen) atoms. The number of hydrogen-bond acceptors (Lipinski definition) is 4. The smallest absolute Gasteiger partial charge is 0.376 e. The van der Waals surface area contributed by atoms with Crippen LogP contribution in [-0.4, -0.2) is 29.5 Å². The normalized spacial score (nSPS) is 11.6. The number of carbonyl (C=O) groups is 3. The molecule has 0 saturated heterocycles. The number of benzene rings is 1. The van der Waals surface area contributed by atoms with Crippen LogP contribution in [0.15, 0.2) is 30.3 Å². The van der Waals surface area contributed by atoms with Crippen molar-refractivity contribution in [2.24, 2.45) is 0 Å². The Labute approximate surface area is 101 Å². The number of carbonyl (C=O) groups excluding carboxylic acids is 3. The van der Waals surface area contributed by atoms with Crippen molar-refractivity contribution in [3.05, 3.63) is 35.9 Å². The minimum Gasteiger partial charge on any atom is -0.463 e. The zero-order valence-corrected chi connectivity index (χ0v) is 10.1. The first-order valence-corrected chi connectivity index (χ1v) is 5.35. The average Bonchev–Trinajstić information content (AvgIpc) is 2.36. The standard InChI is InChI=1S/C11H9BrO4/c1-16-11(15)10(14)8(12)9(13)7-5-3-2-4-6-7/h2-6,8H,1H3/t8-/m0/s1. The molecule has 0 bridgehead atoms. The number of methoxy groups -OCH3 is 1. The molecule has 84 valence electrons. The second kappa shape index (κ2) is 5.55. The molecule has 0 amide bonds. The Morgan fingerprint density at radius 2 is 1.75 bits per heavy atom. The Morgan fingerprint density at radius 3 is 2.25 bits per heavy atom. The average molecular weight is 285 g/mol. The quantitative estimate of drug-likeness (QED) is 0.276. The van der Waals surface area contributed by atoms with Crippen LogP contribution in [-0.2, 0) is 14.3 Å². The van der Waals surface area contributed by atoms with Crippen LogP contribution in [0.5, 0.6) is 0 Å². The van der Waals surface area contributed by atoms with Crippen molar-refractivity contribution in [2.75, 3.05) is 7.11 Å². The van der Waals surface area contributed by atoms with Gasteiger partial charge in [-0.05, 0) is 0 Å². The van der Waals surface area contributed by atoms with Gasteiger partial charge in [-0.3, -0.25) is 9.59 Å². The first-order chi connectivity index (χ1) is 7.57. The highest BCUT2D eigenvalue weighted by atomic mass is 79.9. The van der Waals surface area contributed by atoms with Gasteiger partial charge in [-0.2, -0.15) is 0 Å². The number of rotatable bonds is 4. The van der Waals surface area contributed by atoms with Crippen LogP contribution >= 0.6 is 15.9 Å². The lowest BCUT2D eigenvalue weighted by Crippen LogP contribution is -2.31. The largest absolute Gasteiger partial charge is 0.463 e. The molecule has 1 aromatic carbocycles. The third-order valence-electron chi connectivity index (χ3n) is 1.91. The van der Waals surface area contributed by atoms with Gasteiger partial charge in [-0.1, -0.05) is 46.3 Å². The summed E-state index contributed by atoms with van der Waals surface area (Å²) in [4.78, 5) is 32.8. The van der Waals surface area contributed by atoms with E-state index in [1.807, 2.05) is 0 Å². The van der Waals surface area contributed by atoms with Crippen molar-refractivity contribution in [3.8, 4) is 0 Å². The molecule has 0 N–H and O–H groups in total. The van der Waals surface area contributed by atoms with E-state index >= 15 is 0 Å². The van der Waals surface area contributed by atoms with E-state index in [0.717, 1.165) is 7.11 Å². The minimum atomic E-state index is -1.19. The fourth-order valence-electron chi connectivity index (χ4n) is 1.07. The second-order valence-electron chi connectivity index (χ2n) is 2.95. The zero-order valence-electron chi connectivity index (χ0n) is 8.48. The van der Waals surface area contributed by atoms with E-state index in [2.05, 4.69) is 20.7 Å². The van der Waals surface area contributed by atoms with Crippen LogP contribution in [0.1, 0.15) is 10.4 Å². The number of esters is 1. The molecule has 1 aromatic rings. The first kappa shape index (κ1) is 12.6. The Hall–Kier alpha value is -1.49. The number of ketones is 2. The van der Waals surface area contributed by atoms with E-state index in [9.17, 15) is 14.4 Å². The third kappa shape index (κ3) is 2.76. The minimum absolute atomic E-state index is 0.363. The maximum Gasteiger partial charge on any atom is 0.376 e.